The van der Waals surface area contributed by atoms with E-state index in [2.05, 4.69) is 10.6 Å². The van der Waals surface area contributed by atoms with Crippen LogP contribution in [-0.2, 0) is 9.59 Å². The molecule has 0 spiro atoms. The summed E-state index contributed by atoms with van der Waals surface area (Å²) in [5.74, 6) is -0.172. The predicted molar refractivity (Wildman–Crippen MR) is 57.0 cm³/mol. The summed E-state index contributed by atoms with van der Waals surface area (Å²) < 4.78 is 0. The largest absolute Gasteiger partial charge is 0.354 e. The molecule has 1 aliphatic rings. The lowest BCUT2D eigenvalue weighted by Gasteiger charge is -2.25. The first-order valence-corrected chi connectivity index (χ1v) is 5.33. The highest BCUT2D eigenvalue weighted by Gasteiger charge is 2.23. The smallest absolute Gasteiger partial charge is 0.224 e. The van der Waals surface area contributed by atoms with Crippen LogP contribution in [-0.4, -0.2) is 30.4 Å². The Morgan fingerprint density at radius 3 is 2.73 bits per heavy atom. The second-order valence-electron chi connectivity index (χ2n) is 4.20. The van der Waals surface area contributed by atoms with Crippen LogP contribution in [0.2, 0.25) is 0 Å². The van der Waals surface area contributed by atoms with Gasteiger partial charge >= 0.3 is 0 Å². The Hall–Kier alpha value is -1.10. The molecular weight excluding hydrogens is 194 g/mol. The van der Waals surface area contributed by atoms with Crippen molar-refractivity contribution in [1.82, 2.24) is 10.6 Å². The second kappa shape index (κ2) is 5.11. The van der Waals surface area contributed by atoms with Gasteiger partial charge in [-0.2, -0.15) is 0 Å². The minimum atomic E-state index is -0.192. The van der Waals surface area contributed by atoms with E-state index in [0.717, 1.165) is 0 Å². The van der Waals surface area contributed by atoms with Gasteiger partial charge in [0.1, 0.15) is 0 Å². The maximum Gasteiger partial charge on any atom is 0.224 e. The van der Waals surface area contributed by atoms with Crippen molar-refractivity contribution >= 4 is 11.8 Å². The summed E-state index contributed by atoms with van der Waals surface area (Å²) in [4.78, 5) is 22.5. The van der Waals surface area contributed by atoms with Crippen molar-refractivity contribution in [2.75, 3.05) is 6.54 Å². The Bertz CT molecular complexity index is 243. The Kier molecular flexibility index (Phi) is 4.08. The minimum absolute atomic E-state index is 0.0360. The quantitative estimate of drug-likeness (QED) is 0.583. The summed E-state index contributed by atoms with van der Waals surface area (Å²) in [5, 5.41) is 5.61. The van der Waals surface area contributed by atoms with Gasteiger partial charge in [-0.1, -0.05) is 6.92 Å². The van der Waals surface area contributed by atoms with Gasteiger partial charge in [-0.05, 0) is 13.3 Å². The van der Waals surface area contributed by atoms with Gasteiger partial charge in [0.25, 0.3) is 0 Å². The summed E-state index contributed by atoms with van der Waals surface area (Å²) in [6.07, 6.45) is 1.20. The number of nitrogens with two attached hydrogens (primary N) is 1. The molecule has 86 valence electrons. The number of hydrogen-bond donors (Lipinski definition) is 3. The van der Waals surface area contributed by atoms with E-state index in [0.29, 0.717) is 19.4 Å². The van der Waals surface area contributed by atoms with Gasteiger partial charge in [-0.15, -0.1) is 0 Å². The highest BCUT2D eigenvalue weighted by Crippen LogP contribution is 2.05. The van der Waals surface area contributed by atoms with Crippen LogP contribution in [0, 0.1) is 5.92 Å². The summed E-state index contributed by atoms with van der Waals surface area (Å²) in [6.45, 7) is 4.14. The molecule has 4 N–H and O–H groups in total. The lowest BCUT2D eigenvalue weighted by atomic mass is 10.0. The van der Waals surface area contributed by atoms with Gasteiger partial charge < -0.3 is 16.4 Å². The SMILES string of the molecule is CC(N)C(C)C(=O)NC1CCC(=O)NC1. The molecule has 0 bridgehead atoms. The molecule has 0 saturated carbocycles. The molecule has 0 aromatic carbocycles. The molecule has 2 amide bonds. The number of carbonyl (C=O) groups is 2. The van der Waals surface area contributed by atoms with E-state index in [-0.39, 0.29) is 29.8 Å². The van der Waals surface area contributed by atoms with Crippen molar-refractivity contribution in [3.63, 3.8) is 0 Å². The molecule has 5 heteroatoms. The van der Waals surface area contributed by atoms with Gasteiger partial charge in [-0.25, -0.2) is 0 Å². The van der Waals surface area contributed by atoms with Gasteiger partial charge in [-0.3, -0.25) is 9.59 Å². The fraction of sp³-hybridized carbons (Fsp3) is 0.800. The Morgan fingerprint density at radius 2 is 2.27 bits per heavy atom. The van der Waals surface area contributed by atoms with Crippen molar-refractivity contribution < 1.29 is 9.59 Å². The molecule has 0 aliphatic carbocycles. The first-order chi connectivity index (χ1) is 7.00. The zero-order valence-corrected chi connectivity index (χ0v) is 9.25. The van der Waals surface area contributed by atoms with E-state index in [9.17, 15) is 9.59 Å². The van der Waals surface area contributed by atoms with Crippen molar-refractivity contribution in [2.45, 2.75) is 38.8 Å². The Morgan fingerprint density at radius 1 is 1.60 bits per heavy atom. The Balaban J connectivity index is 2.35. The molecule has 0 radical (unpaired) electrons. The molecule has 15 heavy (non-hydrogen) atoms. The van der Waals surface area contributed by atoms with Gasteiger partial charge in [0.2, 0.25) is 11.8 Å². The number of rotatable bonds is 3. The summed E-state index contributed by atoms with van der Waals surface area (Å²) in [7, 11) is 0. The third-order valence-corrected chi connectivity index (χ3v) is 2.81. The van der Waals surface area contributed by atoms with Gasteiger partial charge in [0, 0.05) is 31.0 Å². The van der Waals surface area contributed by atoms with Crippen LogP contribution in [0.3, 0.4) is 0 Å². The molecule has 0 aromatic heterocycles. The number of carbonyl (C=O) groups excluding carboxylic acids is 2. The standard InChI is InChI=1S/C10H19N3O2/c1-6(7(2)11)10(15)13-8-3-4-9(14)12-5-8/h6-8H,3-5,11H2,1-2H3,(H,12,14)(H,13,15). The maximum absolute atomic E-state index is 11.6. The molecular formula is C10H19N3O2. The van der Waals surface area contributed by atoms with Gasteiger partial charge in [0.05, 0.1) is 0 Å². The van der Waals surface area contributed by atoms with E-state index >= 15 is 0 Å². The first kappa shape index (κ1) is 12.0. The fourth-order valence-electron chi connectivity index (χ4n) is 1.43. The summed E-state index contributed by atoms with van der Waals surface area (Å²) in [6, 6.07) is -0.0976. The number of amides is 2. The Labute approximate surface area is 89.8 Å². The molecule has 1 saturated heterocycles. The minimum Gasteiger partial charge on any atom is -0.354 e. The van der Waals surface area contributed by atoms with Crippen LogP contribution in [0.4, 0.5) is 0 Å². The molecule has 3 unspecified atom stereocenters. The number of piperidine rings is 1. The fourth-order valence-corrected chi connectivity index (χ4v) is 1.43. The predicted octanol–water partition coefficient (Wildman–Crippen LogP) is -0.635. The van der Waals surface area contributed by atoms with Crippen molar-refractivity contribution in [3.8, 4) is 0 Å². The third kappa shape index (κ3) is 3.51. The van der Waals surface area contributed by atoms with E-state index in [1.54, 1.807) is 6.92 Å². The second-order valence-corrected chi connectivity index (χ2v) is 4.20. The highest BCUT2D eigenvalue weighted by molar-refractivity contribution is 5.80. The van der Waals surface area contributed by atoms with E-state index in [1.165, 1.54) is 0 Å². The molecule has 0 aromatic rings. The average molecular weight is 213 g/mol. The van der Waals surface area contributed by atoms with Crippen LogP contribution < -0.4 is 16.4 Å². The molecule has 5 nitrogen and oxygen atoms in total. The van der Waals surface area contributed by atoms with Crippen LogP contribution >= 0.6 is 0 Å². The van der Waals surface area contributed by atoms with Crippen LogP contribution in [0.25, 0.3) is 0 Å². The van der Waals surface area contributed by atoms with E-state index in [1.807, 2.05) is 6.92 Å². The highest BCUT2D eigenvalue weighted by atomic mass is 16.2. The monoisotopic (exact) mass is 213 g/mol. The van der Waals surface area contributed by atoms with Gasteiger partial charge in [0.15, 0.2) is 0 Å². The summed E-state index contributed by atoms with van der Waals surface area (Å²) >= 11 is 0. The normalized spacial score (nSPS) is 25.3. The third-order valence-electron chi connectivity index (χ3n) is 2.81. The van der Waals surface area contributed by atoms with Crippen LogP contribution in [0.5, 0.6) is 0 Å². The zero-order chi connectivity index (χ0) is 11.4. The van der Waals surface area contributed by atoms with E-state index < -0.39 is 0 Å². The number of hydrogen-bond acceptors (Lipinski definition) is 3. The lowest BCUT2D eigenvalue weighted by molar-refractivity contribution is -0.128. The van der Waals surface area contributed by atoms with E-state index in [4.69, 9.17) is 5.73 Å². The topological polar surface area (TPSA) is 84.2 Å². The first-order valence-electron chi connectivity index (χ1n) is 5.33. The van der Waals surface area contributed by atoms with Crippen molar-refractivity contribution in [1.29, 1.82) is 0 Å². The lowest BCUT2D eigenvalue weighted by Crippen LogP contribution is -2.50. The van der Waals surface area contributed by atoms with Crippen molar-refractivity contribution in [3.05, 3.63) is 0 Å². The molecule has 3 atom stereocenters. The zero-order valence-electron chi connectivity index (χ0n) is 9.25. The summed E-state index contributed by atoms with van der Waals surface area (Å²) in [5.41, 5.74) is 5.63. The average Bonchev–Trinajstić information content (AvgIpc) is 2.20. The molecule has 1 heterocycles. The molecule has 1 rings (SSSR count). The number of nitrogens with one attached hydrogen (secondary N) is 2. The van der Waals surface area contributed by atoms with Crippen LogP contribution in [0.15, 0.2) is 0 Å². The van der Waals surface area contributed by atoms with Crippen LogP contribution in [0.1, 0.15) is 26.7 Å². The maximum atomic E-state index is 11.6. The molecule has 1 aliphatic heterocycles. The molecule has 1 fully saturated rings. The van der Waals surface area contributed by atoms with Crippen molar-refractivity contribution in [2.24, 2.45) is 11.7 Å².